The van der Waals surface area contributed by atoms with E-state index in [9.17, 15) is 4.79 Å². The summed E-state index contributed by atoms with van der Waals surface area (Å²) < 4.78 is 0. The van der Waals surface area contributed by atoms with E-state index in [0.717, 1.165) is 28.3 Å². The number of amides is 1. The predicted molar refractivity (Wildman–Crippen MR) is 112 cm³/mol. The largest absolute Gasteiger partial charge is 0.336 e. The lowest BCUT2D eigenvalue weighted by Crippen LogP contribution is -2.42. The minimum absolute atomic E-state index is 0.0247. The highest BCUT2D eigenvalue weighted by atomic mass is 32.1. The average Bonchev–Trinajstić information content (AvgIpc) is 3.11. The molecule has 0 spiro atoms. The number of aryl methyl sites for hydroxylation is 2. The fraction of sp³-hybridized carbons (Fsp3) is 0.273. The second-order valence-electron chi connectivity index (χ2n) is 6.61. The summed E-state index contributed by atoms with van der Waals surface area (Å²) in [5.74, 6) is -0.0679. The molecule has 27 heavy (non-hydrogen) atoms. The van der Waals surface area contributed by atoms with Crippen molar-refractivity contribution in [2.75, 3.05) is 13.6 Å². The Hall–Kier alpha value is -2.50. The van der Waals surface area contributed by atoms with Gasteiger partial charge in [-0.2, -0.15) is 0 Å². The zero-order valence-electron chi connectivity index (χ0n) is 15.8. The van der Waals surface area contributed by atoms with Gasteiger partial charge in [-0.3, -0.25) is 4.79 Å². The molecular weight excluding hydrogens is 354 g/mol. The number of carbonyl (C=O) groups is 1. The van der Waals surface area contributed by atoms with Crippen molar-refractivity contribution >= 4 is 17.2 Å². The van der Waals surface area contributed by atoms with Crippen LogP contribution >= 0.6 is 11.3 Å². The highest BCUT2D eigenvalue weighted by Crippen LogP contribution is 2.31. The number of nitrogens with two attached hydrogens (primary N) is 1. The Labute approximate surface area is 164 Å². The van der Waals surface area contributed by atoms with Crippen LogP contribution in [0.3, 0.4) is 0 Å². The Bertz CT molecular complexity index is 877. The van der Waals surface area contributed by atoms with Gasteiger partial charge in [-0.1, -0.05) is 60.7 Å². The lowest BCUT2D eigenvalue weighted by Gasteiger charge is -2.27. The van der Waals surface area contributed by atoms with Crippen molar-refractivity contribution < 1.29 is 4.79 Å². The van der Waals surface area contributed by atoms with Gasteiger partial charge in [0.05, 0.1) is 9.88 Å². The van der Waals surface area contributed by atoms with E-state index < -0.39 is 0 Å². The molecule has 140 valence electrons. The van der Waals surface area contributed by atoms with Crippen molar-refractivity contribution in [1.29, 1.82) is 0 Å². The molecule has 4 nitrogen and oxygen atoms in total. The summed E-state index contributed by atoms with van der Waals surface area (Å²) in [5.41, 5.74) is 8.79. The van der Waals surface area contributed by atoms with Crippen LogP contribution in [0.15, 0.2) is 60.7 Å². The molecule has 0 aliphatic rings. The summed E-state index contributed by atoms with van der Waals surface area (Å²) in [5, 5.41) is 0.888. The molecule has 1 amide bonds. The highest BCUT2D eigenvalue weighted by molar-refractivity contribution is 7.15. The molecule has 1 heterocycles. The van der Waals surface area contributed by atoms with Gasteiger partial charge in [0.25, 0.3) is 5.91 Å². The second kappa shape index (κ2) is 8.93. The molecule has 1 atom stereocenters. The summed E-state index contributed by atoms with van der Waals surface area (Å²) >= 11 is 1.55. The van der Waals surface area contributed by atoms with Crippen molar-refractivity contribution in [3.63, 3.8) is 0 Å². The monoisotopic (exact) mass is 379 g/mol. The minimum Gasteiger partial charge on any atom is -0.336 e. The molecule has 0 radical (unpaired) electrons. The van der Waals surface area contributed by atoms with Crippen LogP contribution in [0.1, 0.15) is 27.5 Å². The number of likely N-dealkylation sites (N-methyl/N-ethyl adjacent to an activating group) is 1. The zero-order chi connectivity index (χ0) is 19.2. The van der Waals surface area contributed by atoms with Crippen molar-refractivity contribution in [3.05, 3.63) is 76.9 Å². The first-order valence-corrected chi connectivity index (χ1v) is 9.95. The van der Waals surface area contributed by atoms with Gasteiger partial charge in [0.15, 0.2) is 0 Å². The van der Waals surface area contributed by atoms with E-state index in [1.807, 2.05) is 62.5 Å². The minimum atomic E-state index is -0.0679. The molecule has 0 saturated heterocycles. The van der Waals surface area contributed by atoms with Gasteiger partial charge >= 0.3 is 0 Å². The van der Waals surface area contributed by atoms with Crippen LogP contribution in [0, 0.1) is 6.92 Å². The van der Waals surface area contributed by atoms with E-state index in [2.05, 4.69) is 17.1 Å². The standard InChI is InChI=1S/C22H25N3OS/c1-16-24-20(21(27-16)18-11-7-4-8-12-18)22(26)25(2)19(15-23)14-13-17-9-5-3-6-10-17/h3-12,19H,13-15,23H2,1-2H3/t19-/m0/s1. The Morgan fingerprint density at radius 1 is 1.11 bits per heavy atom. The molecule has 2 N–H and O–H groups in total. The molecular formula is C22H25N3OS. The molecule has 3 rings (SSSR count). The van der Waals surface area contributed by atoms with Gasteiger partial charge in [-0.25, -0.2) is 4.98 Å². The maximum Gasteiger partial charge on any atom is 0.274 e. The van der Waals surface area contributed by atoms with Crippen molar-refractivity contribution in [1.82, 2.24) is 9.88 Å². The fourth-order valence-corrected chi connectivity index (χ4v) is 4.05. The van der Waals surface area contributed by atoms with Crippen LogP contribution in [0.25, 0.3) is 10.4 Å². The van der Waals surface area contributed by atoms with Gasteiger partial charge in [-0.15, -0.1) is 11.3 Å². The summed E-state index contributed by atoms with van der Waals surface area (Å²) in [4.78, 5) is 20.4. The van der Waals surface area contributed by atoms with Gasteiger partial charge in [0, 0.05) is 19.6 Å². The van der Waals surface area contributed by atoms with E-state index in [1.165, 1.54) is 5.56 Å². The third-order valence-electron chi connectivity index (χ3n) is 4.72. The molecule has 1 aromatic heterocycles. The number of nitrogens with zero attached hydrogens (tertiary/aromatic N) is 2. The number of aromatic nitrogens is 1. The Balaban J connectivity index is 1.78. The molecule has 0 aliphatic heterocycles. The van der Waals surface area contributed by atoms with Crippen molar-refractivity contribution in [3.8, 4) is 10.4 Å². The number of hydrogen-bond donors (Lipinski definition) is 1. The normalized spacial score (nSPS) is 12.0. The predicted octanol–water partition coefficient (Wildman–Crippen LogP) is 4.15. The Morgan fingerprint density at radius 2 is 1.74 bits per heavy atom. The van der Waals surface area contributed by atoms with Gasteiger partial charge < -0.3 is 10.6 Å². The van der Waals surface area contributed by atoms with E-state index >= 15 is 0 Å². The molecule has 0 saturated carbocycles. The van der Waals surface area contributed by atoms with Crippen LogP contribution in [-0.4, -0.2) is 35.4 Å². The van der Waals surface area contributed by atoms with Crippen LogP contribution in [0.4, 0.5) is 0 Å². The third-order valence-corrected chi connectivity index (χ3v) is 5.74. The van der Waals surface area contributed by atoms with E-state index in [1.54, 1.807) is 16.2 Å². The summed E-state index contributed by atoms with van der Waals surface area (Å²) in [6.07, 6.45) is 1.72. The number of hydrogen-bond acceptors (Lipinski definition) is 4. The number of carbonyl (C=O) groups excluding carboxylic acids is 1. The molecule has 0 fully saturated rings. The summed E-state index contributed by atoms with van der Waals surface area (Å²) in [6, 6.07) is 20.2. The number of rotatable bonds is 7. The first-order chi connectivity index (χ1) is 13.1. The van der Waals surface area contributed by atoms with Crippen LogP contribution < -0.4 is 5.73 Å². The van der Waals surface area contributed by atoms with Crippen LogP contribution in [0.5, 0.6) is 0 Å². The van der Waals surface area contributed by atoms with Gasteiger partial charge in [-0.05, 0) is 30.9 Å². The number of benzene rings is 2. The van der Waals surface area contributed by atoms with E-state index in [-0.39, 0.29) is 11.9 Å². The topological polar surface area (TPSA) is 59.2 Å². The van der Waals surface area contributed by atoms with E-state index in [4.69, 9.17) is 5.73 Å². The Morgan fingerprint density at radius 3 is 2.37 bits per heavy atom. The highest BCUT2D eigenvalue weighted by Gasteiger charge is 2.25. The second-order valence-corrected chi connectivity index (χ2v) is 7.81. The molecule has 5 heteroatoms. The van der Waals surface area contributed by atoms with Gasteiger partial charge in [0.1, 0.15) is 5.69 Å². The molecule has 3 aromatic rings. The molecule has 0 unspecified atom stereocenters. The number of thiazole rings is 1. The maximum atomic E-state index is 13.2. The zero-order valence-corrected chi connectivity index (χ0v) is 16.6. The van der Waals surface area contributed by atoms with Crippen LogP contribution in [0.2, 0.25) is 0 Å². The molecule has 0 aliphatic carbocycles. The molecule has 2 aromatic carbocycles. The first kappa shape index (κ1) is 19.3. The average molecular weight is 380 g/mol. The quantitative estimate of drug-likeness (QED) is 0.671. The van der Waals surface area contributed by atoms with Gasteiger partial charge in [0.2, 0.25) is 0 Å². The maximum absolute atomic E-state index is 13.2. The summed E-state index contributed by atoms with van der Waals surface area (Å²) in [7, 11) is 1.83. The third kappa shape index (κ3) is 4.62. The SMILES string of the molecule is Cc1nc(C(=O)N(C)[C@H](CN)CCc2ccccc2)c(-c2ccccc2)s1. The van der Waals surface area contributed by atoms with Crippen molar-refractivity contribution in [2.24, 2.45) is 5.73 Å². The lowest BCUT2D eigenvalue weighted by molar-refractivity contribution is 0.0725. The van der Waals surface area contributed by atoms with Crippen molar-refractivity contribution in [2.45, 2.75) is 25.8 Å². The summed E-state index contributed by atoms with van der Waals surface area (Å²) in [6.45, 7) is 2.36. The Kier molecular flexibility index (Phi) is 6.37. The first-order valence-electron chi connectivity index (χ1n) is 9.14. The lowest BCUT2D eigenvalue weighted by atomic mass is 10.0. The smallest absolute Gasteiger partial charge is 0.274 e. The fourth-order valence-electron chi connectivity index (χ4n) is 3.14. The molecule has 0 bridgehead atoms. The van der Waals surface area contributed by atoms with Crippen LogP contribution in [-0.2, 0) is 6.42 Å². The van der Waals surface area contributed by atoms with E-state index in [0.29, 0.717) is 12.2 Å².